The number of ketones is 2. The number of nitrogen functional groups attached to an aromatic ring is 2. The summed E-state index contributed by atoms with van der Waals surface area (Å²) in [5.74, 6) is 1.82. The van der Waals surface area contributed by atoms with Crippen LogP contribution in [0.2, 0.25) is 0 Å². The van der Waals surface area contributed by atoms with E-state index >= 15 is 0 Å². The van der Waals surface area contributed by atoms with E-state index in [1.807, 2.05) is 0 Å². The van der Waals surface area contributed by atoms with E-state index < -0.39 is 0 Å². The summed E-state index contributed by atoms with van der Waals surface area (Å²) in [4.78, 5) is 24.3. The van der Waals surface area contributed by atoms with Crippen LogP contribution in [0.4, 0.5) is 11.4 Å². The summed E-state index contributed by atoms with van der Waals surface area (Å²) in [6.07, 6.45) is 9.61. The molecule has 2 rings (SSSR count). The number of carbonyl (C=O) groups excluding carboxylic acids is 2. The summed E-state index contributed by atoms with van der Waals surface area (Å²) in [5, 5.41) is 0. The molecule has 0 bridgehead atoms. The van der Waals surface area contributed by atoms with Crippen LogP contribution >= 0.6 is 0 Å². The number of rotatable bonds is 1. The molecule has 0 unspecified atom stereocenters. The minimum atomic E-state index is -0.277. The van der Waals surface area contributed by atoms with Crippen LogP contribution < -0.4 is 11.5 Å². The molecule has 0 spiro atoms. The summed E-state index contributed by atoms with van der Waals surface area (Å²) in [7, 11) is 0. The summed E-state index contributed by atoms with van der Waals surface area (Å²) >= 11 is 0. The topological polar surface area (TPSA) is 86.2 Å². The zero-order valence-electron chi connectivity index (χ0n) is 10.1. The Hall–Kier alpha value is -2.80. The third-order valence-corrected chi connectivity index (χ3v) is 2.91. The van der Waals surface area contributed by atoms with Crippen LogP contribution in [0.3, 0.4) is 0 Å². The smallest absolute Gasteiger partial charge is 0.192 e. The van der Waals surface area contributed by atoms with E-state index in [9.17, 15) is 9.59 Å². The van der Waals surface area contributed by atoms with Crippen molar-refractivity contribution in [1.29, 1.82) is 0 Å². The molecule has 0 aliphatic heterocycles. The Kier molecular flexibility index (Phi) is 3.21. The van der Waals surface area contributed by atoms with Gasteiger partial charge in [-0.3, -0.25) is 9.59 Å². The van der Waals surface area contributed by atoms with Gasteiger partial charge in [0, 0.05) is 23.4 Å². The molecular weight excluding hydrogens is 240 g/mol. The number of benzene rings is 1. The molecule has 1 aromatic rings. The molecule has 0 radical (unpaired) electrons. The van der Waals surface area contributed by atoms with E-state index in [1.165, 1.54) is 24.3 Å². The van der Waals surface area contributed by atoms with Gasteiger partial charge in [-0.2, -0.15) is 0 Å². The maximum atomic E-state index is 12.3. The molecule has 0 heterocycles. The molecule has 4 nitrogen and oxygen atoms in total. The van der Waals surface area contributed by atoms with Crippen LogP contribution in [0, 0.1) is 12.3 Å². The Balaban J connectivity index is 2.59. The van der Waals surface area contributed by atoms with E-state index in [0.29, 0.717) is 5.57 Å². The second-order valence-corrected chi connectivity index (χ2v) is 4.14. The van der Waals surface area contributed by atoms with Crippen molar-refractivity contribution < 1.29 is 9.59 Å². The Morgan fingerprint density at radius 2 is 1.79 bits per heavy atom. The molecule has 0 atom stereocenters. The van der Waals surface area contributed by atoms with Crippen molar-refractivity contribution in [3.63, 3.8) is 0 Å². The van der Waals surface area contributed by atoms with Gasteiger partial charge >= 0.3 is 0 Å². The fraction of sp³-hybridized carbons (Fsp3) is 0.0667. The van der Waals surface area contributed by atoms with Crippen molar-refractivity contribution in [3.05, 3.63) is 47.1 Å². The Labute approximate surface area is 110 Å². The Morgan fingerprint density at radius 3 is 2.42 bits per heavy atom. The van der Waals surface area contributed by atoms with Gasteiger partial charge in [0.1, 0.15) is 0 Å². The molecule has 4 N–H and O–H groups in total. The fourth-order valence-corrected chi connectivity index (χ4v) is 2.04. The summed E-state index contributed by atoms with van der Waals surface area (Å²) in [6, 6.07) is 3.06. The van der Waals surface area contributed by atoms with Crippen LogP contribution in [0.25, 0.3) is 0 Å². The molecule has 0 saturated heterocycles. The first-order valence-electron chi connectivity index (χ1n) is 5.64. The molecular formula is C15H12N2O2. The molecule has 0 fully saturated rings. The fourth-order valence-electron chi connectivity index (χ4n) is 2.04. The normalized spacial score (nSPS) is 16.7. The largest absolute Gasteiger partial charge is 0.398 e. The average Bonchev–Trinajstić information content (AvgIpc) is 2.38. The van der Waals surface area contributed by atoms with Crippen molar-refractivity contribution in [3.8, 4) is 12.3 Å². The van der Waals surface area contributed by atoms with Gasteiger partial charge in [-0.25, -0.2) is 0 Å². The molecule has 0 aromatic heterocycles. The van der Waals surface area contributed by atoms with E-state index in [2.05, 4.69) is 5.92 Å². The lowest BCUT2D eigenvalue weighted by atomic mass is 9.84. The number of hydrogen-bond acceptors (Lipinski definition) is 4. The monoisotopic (exact) mass is 252 g/mol. The van der Waals surface area contributed by atoms with E-state index in [0.717, 1.165) is 0 Å². The molecule has 0 saturated carbocycles. The van der Waals surface area contributed by atoms with Gasteiger partial charge in [-0.1, -0.05) is 18.1 Å². The molecule has 1 aromatic carbocycles. The maximum absolute atomic E-state index is 12.3. The first-order chi connectivity index (χ1) is 9.06. The Morgan fingerprint density at radius 1 is 1.16 bits per heavy atom. The zero-order chi connectivity index (χ0) is 14.0. The van der Waals surface area contributed by atoms with Crippen molar-refractivity contribution in [2.75, 3.05) is 11.5 Å². The predicted molar refractivity (Wildman–Crippen MR) is 74.6 cm³/mol. The average molecular weight is 252 g/mol. The lowest BCUT2D eigenvalue weighted by Gasteiger charge is -2.19. The van der Waals surface area contributed by atoms with Gasteiger partial charge in [0.2, 0.25) is 0 Å². The van der Waals surface area contributed by atoms with E-state index in [-0.39, 0.29) is 40.5 Å². The van der Waals surface area contributed by atoms with Crippen LogP contribution in [0.5, 0.6) is 0 Å². The second kappa shape index (κ2) is 4.83. The number of anilines is 2. The number of nitrogens with two attached hydrogens (primary N) is 2. The van der Waals surface area contributed by atoms with Crippen LogP contribution in [0.15, 0.2) is 35.9 Å². The minimum absolute atomic E-state index is 0.00833. The molecule has 4 heteroatoms. The highest BCUT2D eigenvalue weighted by atomic mass is 16.1. The molecule has 94 valence electrons. The highest BCUT2D eigenvalue weighted by molar-refractivity contribution is 6.26. The summed E-state index contributed by atoms with van der Waals surface area (Å²) < 4.78 is 0. The quantitative estimate of drug-likeness (QED) is 0.453. The van der Waals surface area contributed by atoms with Crippen molar-refractivity contribution in [1.82, 2.24) is 0 Å². The van der Waals surface area contributed by atoms with Gasteiger partial charge < -0.3 is 11.5 Å². The lowest BCUT2D eigenvalue weighted by molar-refractivity contribution is 0.0937. The van der Waals surface area contributed by atoms with Gasteiger partial charge in [0.05, 0.1) is 11.1 Å². The number of hydrogen-bond donors (Lipinski definition) is 2. The third kappa shape index (κ3) is 2.14. The molecule has 1 aliphatic rings. The highest BCUT2D eigenvalue weighted by Crippen LogP contribution is 2.32. The number of Topliss-reactive ketones (excluding diaryl/α,β-unsaturated/α-hetero) is 2. The number of allylic oxidation sites excluding steroid dienone is 4. The van der Waals surface area contributed by atoms with Crippen molar-refractivity contribution in [2.24, 2.45) is 0 Å². The number of terminal acetylenes is 1. The SMILES string of the molecule is C#C/C=C\C=C1/CC(=O)c2c(N)ccc(N)c2C1=O. The highest BCUT2D eigenvalue weighted by Gasteiger charge is 2.31. The van der Waals surface area contributed by atoms with Gasteiger partial charge in [0.25, 0.3) is 0 Å². The molecule has 1 aliphatic carbocycles. The van der Waals surface area contributed by atoms with Gasteiger partial charge in [-0.05, 0) is 18.2 Å². The first-order valence-corrected chi connectivity index (χ1v) is 5.64. The predicted octanol–water partition coefficient (Wildman–Crippen LogP) is 1.74. The van der Waals surface area contributed by atoms with Crippen molar-refractivity contribution >= 4 is 22.9 Å². The van der Waals surface area contributed by atoms with Crippen LogP contribution in [0.1, 0.15) is 27.1 Å². The zero-order valence-corrected chi connectivity index (χ0v) is 10.1. The van der Waals surface area contributed by atoms with Crippen LogP contribution in [-0.4, -0.2) is 11.6 Å². The van der Waals surface area contributed by atoms with E-state index in [1.54, 1.807) is 6.08 Å². The standard InChI is InChI=1S/C15H12N2O2/c1-2-3-4-5-9-8-12(18)13-10(16)6-7-11(17)14(13)15(9)19/h1,3-7H,8,16-17H2/b4-3-,9-5+. The molecule has 0 amide bonds. The summed E-state index contributed by atoms with van der Waals surface area (Å²) in [6.45, 7) is 0. The third-order valence-electron chi connectivity index (χ3n) is 2.91. The maximum Gasteiger partial charge on any atom is 0.192 e. The lowest BCUT2D eigenvalue weighted by Crippen LogP contribution is -2.22. The van der Waals surface area contributed by atoms with Gasteiger partial charge in [-0.15, -0.1) is 6.42 Å². The van der Waals surface area contributed by atoms with Crippen LogP contribution in [-0.2, 0) is 0 Å². The number of fused-ring (bicyclic) bond motifs is 1. The second-order valence-electron chi connectivity index (χ2n) is 4.14. The number of carbonyl (C=O) groups is 2. The summed E-state index contributed by atoms with van der Waals surface area (Å²) in [5.41, 5.74) is 12.8. The van der Waals surface area contributed by atoms with Gasteiger partial charge in [0.15, 0.2) is 11.6 Å². The minimum Gasteiger partial charge on any atom is -0.398 e. The van der Waals surface area contributed by atoms with E-state index in [4.69, 9.17) is 17.9 Å². The first kappa shape index (κ1) is 12.7. The van der Waals surface area contributed by atoms with Crippen molar-refractivity contribution in [2.45, 2.75) is 6.42 Å². The molecule has 19 heavy (non-hydrogen) atoms. The Bertz CT molecular complexity index is 676.